The third-order valence-corrected chi connectivity index (χ3v) is 4.33. The van der Waals surface area contributed by atoms with Crippen LogP contribution in [0, 0.1) is 24.0 Å². The smallest absolute Gasteiger partial charge is 0.265 e. The van der Waals surface area contributed by atoms with Crippen LogP contribution in [0.5, 0.6) is 0 Å². The Hall–Kier alpha value is -2.60. The third kappa shape index (κ3) is 3.43. The van der Waals surface area contributed by atoms with Gasteiger partial charge in [0.15, 0.2) is 10.2 Å². The Balaban J connectivity index is 1.95. The first kappa shape index (κ1) is 15.3. The molecule has 2 aromatic rings. The van der Waals surface area contributed by atoms with Crippen molar-refractivity contribution in [2.45, 2.75) is 13.8 Å². The zero-order valence-electron chi connectivity index (χ0n) is 12.8. The van der Waals surface area contributed by atoms with E-state index in [9.17, 15) is 10.1 Å². The number of hydrogen-bond donors (Lipinski definition) is 0. The van der Waals surface area contributed by atoms with E-state index in [4.69, 9.17) is 0 Å². The molecule has 1 saturated heterocycles. The second-order valence-electron chi connectivity index (χ2n) is 5.26. The number of amidine groups is 1. The minimum atomic E-state index is -0.438. The molecule has 2 aromatic carbocycles. The average Bonchev–Trinajstić information content (AvgIpc) is 2.50. The molecule has 0 N–H and O–H groups in total. The number of benzene rings is 2. The van der Waals surface area contributed by atoms with E-state index in [0.717, 1.165) is 28.3 Å². The summed E-state index contributed by atoms with van der Waals surface area (Å²) in [6.07, 6.45) is 1.01. The molecule has 1 aliphatic rings. The second-order valence-corrected chi connectivity index (χ2v) is 6.24. The molecular weight excluding hydrogens is 310 g/mol. The molecule has 6 heteroatoms. The van der Waals surface area contributed by atoms with E-state index >= 15 is 0 Å². The summed E-state index contributed by atoms with van der Waals surface area (Å²) >= 11 is 1.30. The molecule has 0 saturated carbocycles. The van der Waals surface area contributed by atoms with Gasteiger partial charge < -0.3 is 0 Å². The van der Waals surface area contributed by atoms with E-state index in [0.29, 0.717) is 5.03 Å². The lowest BCUT2D eigenvalue weighted by Gasteiger charge is -2.34. The quantitative estimate of drug-likeness (QED) is 0.610. The van der Waals surface area contributed by atoms with Crippen LogP contribution < -0.4 is 4.90 Å². The van der Waals surface area contributed by atoms with Crippen LogP contribution in [0.25, 0.3) is 0 Å². The van der Waals surface area contributed by atoms with E-state index in [1.165, 1.54) is 17.3 Å². The van der Waals surface area contributed by atoms with Crippen LogP contribution in [0.3, 0.4) is 0 Å². The van der Waals surface area contributed by atoms with Crippen molar-refractivity contribution in [1.82, 2.24) is 0 Å². The summed E-state index contributed by atoms with van der Waals surface area (Å²) in [7, 11) is 0. The maximum Gasteiger partial charge on any atom is 0.265 e. The Morgan fingerprint density at radius 1 is 1.04 bits per heavy atom. The van der Waals surface area contributed by atoms with Gasteiger partial charge in [-0.25, -0.2) is 4.99 Å². The molecule has 3 rings (SSSR count). The molecule has 23 heavy (non-hydrogen) atoms. The van der Waals surface area contributed by atoms with Crippen molar-refractivity contribution in [2.24, 2.45) is 4.99 Å². The lowest BCUT2D eigenvalue weighted by Crippen LogP contribution is -2.36. The van der Waals surface area contributed by atoms with Crippen molar-refractivity contribution < 1.29 is 4.92 Å². The van der Waals surface area contributed by atoms with Crippen molar-refractivity contribution in [3.8, 4) is 0 Å². The predicted octanol–water partition coefficient (Wildman–Crippen LogP) is 4.62. The number of thioether (sulfide) groups is 1. The third-order valence-electron chi connectivity index (χ3n) is 3.37. The summed E-state index contributed by atoms with van der Waals surface area (Å²) in [5.74, 6) is 0. The number of nitrogens with zero attached hydrogens (tertiary/aromatic N) is 3. The highest BCUT2D eigenvalue weighted by molar-refractivity contribution is 8.20. The molecule has 1 aliphatic heterocycles. The molecule has 0 atom stereocenters. The Morgan fingerprint density at radius 3 is 2.17 bits per heavy atom. The molecular formula is C17H15N3O2S. The first-order valence-electron chi connectivity index (χ1n) is 7.08. The van der Waals surface area contributed by atoms with Crippen LogP contribution in [-0.4, -0.2) is 10.1 Å². The molecule has 0 unspecified atom stereocenters. The van der Waals surface area contributed by atoms with Gasteiger partial charge in [-0.3, -0.25) is 15.0 Å². The van der Waals surface area contributed by atoms with E-state index in [1.807, 2.05) is 62.4 Å². The lowest BCUT2D eigenvalue weighted by molar-refractivity contribution is -0.402. The van der Waals surface area contributed by atoms with E-state index in [2.05, 4.69) is 4.99 Å². The van der Waals surface area contributed by atoms with Crippen molar-refractivity contribution in [3.05, 3.63) is 81.0 Å². The molecule has 0 aromatic heterocycles. The maximum absolute atomic E-state index is 10.8. The number of aliphatic imine (C=N–C) groups is 1. The van der Waals surface area contributed by atoms with Gasteiger partial charge in [0.1, 0.15) is 0 Å². The van der Waals surface area contributed by atoms with Gasteiger partial charge in [0, 0.05) is 5.69 Å². The fourth-order valence-electron chi connectivity index (χ4n) is 2.15. The topological polar surface area (TPSA) is 58.7 Å². The Kier molecular flexibility index (Phi) is 4.16. The van der Waals surface area contributed by atoms with Crippen molar-refractivity contribution in [3.63, 3.8) is 0 Å². The lowest BCUT2D eigenvalue weighted by atomic mass is 10.2. The Morgan fingerprint density at radius 2 is 1.61 bits per heavy atom. The summed E-state index contributed by atoms with van der Waals surface area (Å²) in [6.45, 7) is 4.02. The molecule has 0 aliphatic carbocycles. The van der Waals surface area contributed by atoms with Crippen LogP contribution in [0.15, 0.2) is 64.8 Å². The maximum atomic E-state index is 10.8. The predicted molar refractivity (Wildman–Crippen MR) is 94.6 cm³/mol. The molecule has 0 radical (unpaired) electrons. The summed E-state index contributed by atoms with van der Waals surface area (Å²) in [5, 5.41) is 12.1. The number of aryl methyl sites for hydroxylation is 2. The van der Waals surface area contributed by atoms with Crippen LogP contribution >= 0.6 is 11.8 Å². The van der Waals surface area contributed by atoms with Crippen molar-refractivity contribution in [2.75, 3.05) is 4.90 Å². The Bertz CT molecular complexity index is 796. The van der Waals surface area contributed by atoms with Gasteiger partial charge in [0.2, 0.25) is 0 Å². The molecule has 0 bridgehead atoms. The minimum absolute atomic E-state index is 0.438. The van der Waals surface area contributed by atoms with Gasteiger partial charge in [-0.15, -0.1) is 0 Å². The van der Waals surface area contributed by atoms with Gasteiger partial charge >= 0.3 is 0 Å². The molecule has 1 heterocycles. The van der Waals surface area contributed by atoms with Crippen LogP contribution in [0.4, 0.5) is 11.4 Å². The van der Waals surface area contributed by atoms with Crippen molar-refractivity contribution in [1.29, 1.82) is 0 Å². The number of rotatable bonds is 3. The summed E-state index contributed by atoms with van der Waals surface area (Å²) in [5.41, 5.74) is 4.00. The molecule has 0 amide bonds. The van der Waals surface area contributed by atoms with Crippen molar-refractivity contribution >= 4 is 28.3 Å². The Labute approximate surface area is 138 Å². The summed E-state index contributed by atoms with van der Waals surface area (Å²) in [4.78, 5) is 16.7. The second kappa shape index (κ2) is 6.26. The first-order chi connectivity index (χ1) is 11.0. The van der Waals surface area contributed by atoms with Crippen LogP contribution in [0.1, 0.15) is 11.1 Å². The largest absolute Gasteiger partial charge is 0.278 e. The molecule has 1 fully saturated rings. The highest BCUT2D eigenvalue weighted by atomic mass is 32.2. The summed E-state index contributed by atoms with van der Waals surface area (Å²) in [6, 6.07) is 15.7. The molecule has 116 valence electrons. The highest BCUT2D eigenvalue weighted by Gasteiger charge is 2.34. The van der Waals surface area contributed by atoms with Gasteiger partial charge in [-0.05, 0) is 49.9 Å². The normalized spacial score (nSPS) is 17.4. The van der Waals surface area contributed by atoms with Crippen LogP contribution in [-0.2, 0) is 0 Å². The van der Waals surface area contributed by atoms with E-state index < -0.39 is 4.92 Å². The first-order valence-corrected chi connectivity index (χ1v) is 7.90. The fraction of sp³-hybridized carbons (Fsp3) is 0.118. The van der Waals surface area contributed by atoms with Gasteiger partial charge in [-0.2, -0.15) is 0 Å². The van der Waals surface area contributed by atoms with E-state index in [1.54, 1.807) is 4.90 Å². The molecule has 5 nitrogen and oxygen atoms in total. The zero-order chi connectivity index (χ0) is 16.4. The molecule has 0 spiro atoms. The van der Waals surface area contributed by atoms with Gasteiger partial charge in [-0.1, -0.05) is 35.4 Å². The number of anilines is 1. The number of hydrogen-bond acceptors (Lipinski definition) is 4. The SMILES string of the molecule is Cc1ccc(N=C2S/C(=C/[N+](=O)[O-])N2c2ccc(C)cc2)cc1. The number of nitro groups is 1. The van der Waals surface area contributed by atoms with E-state index in [-0.39, 0.29) is 0 Å². The van der Waals surface area contributed by atoms with Gasteiger partial charge in [0.05, 0.1) is 10.6 Å². The average molecular weight is 325 g/mol. The monoisotopic (exact) mass is 325 g/mol. The van der Waals surface area contributed by atoms with Gasteiger partial charge in [0.25, 0.3) is 6.20 Å². The zero-order valence-corrected chi connectivity index (χ0v) is 13.6. The van der Waals surface area contributed by atoms with Crippen LogP contribution in [0.2, 0.25) is 0 Å². The summed E-state index contributed by atoms with van der Waals surface area (Å²) < 4.78 is 0. The highest BCUT2D eigenvalue weighted by Crippen LogP contribution is 2.41. The standard InChI is InChI=1S/C17H15N3O2S/c1-12-3-7-14(8-4-12)18-17-20(16(23-17)11-19(21)22)15-9-5-13(2)6-10-15/h3-11H,1-2H3/b16-11+,18-17?. The fourth-order valence-corrected chi connectivity index (χ4v) is 3.07. The minimum Gasteiger partial charge on any atom is -0.278 e.